The Morgan fingerprint density at radius 3 is 2.67 bits per heavy atom. The van der Waals surface area contributed by atoms with Crippen molar-refractivity contribution in [1.29, 1.82) is 0 Å². The summed E-state index contributed by atoms with van der Waals surface area (Å²) < 4.78 is 2.28. The molecule has 18 heavy (non-hydrogen) atoms. The van der Waals surface area contributed by atoms with Gasteiger partial charge in [-0.3, -0.25) is 18.7 Å². The highest BCUT2D eigenvalue weighted by Gasteiger charge is 2.15. The number of rotatable bonds is 3. The summed E-state index contributed by atoms with van der Waals surface area (Å²) >= 11 is 0. The number of hydrogen-bond donors (Lipinski definition) is 2. The Balaban J connectivity index is 2.83. The third kappa shape index (κ3) is 1.71. The largest absolute Gasteiger partial charge is 0.481 e. The van der Waals surface area contributed by atoms with E-state index in [0.29, 0.717) is 6.54 Å². The number of carboxylic acids is 1. The number of carbonyl (C=O) groups is 1. The van der Waals surface area contributed by atoms with Gasteiger partial charge < -0.3 is 10.1 Å². The number of hydrogen-bond acceptors (Lipinski definition) is 4. The van der Waals surface area contributed by atoms with E-state index >= 15 is 0 Å². The molecule has 0 bridgehead atoms. The fourth-order valence-electron chi connectivity index (χ4n) is 1.79. The van der Waals surface area contributed by atoms with Gasteiger partial charge in [0, 0.05) is 13.6 Å². The van der Waals surface area contributed by atoms with Crippen molar-refractivity contribution in [3.63, 3.8) is 0 Å². The van der Waals surface area contributed by atoms with Gasteiger partial charge >= 0.3 is 11.7 Å². The Kier molecular flexibility index (Phi) is 2.77. The van der Waals surface area contributed by atoms with Gasteiger partial charge in [-0.25, -0.2) is 9.78 Å². The lowest BCUT2D eigenvalue weighted by atomic mass is 10.4. The Bertz CT molecular complexity index is 737. The van der Waals surface area contributed by atoms with Gasteiger partial charge in [0.25, 0.3) is 5.56 Å². The molecule has 8 nitrogen and oxygen atoms in total. The first-order valence-corrected chi connectivity index (χ1v) is 5.36. The molecule has 0 atom stereocenters. The van der Waals surface area contributed by atoms with E-state index in [4.69, 9.17) is 5.11 Å². The Hall–Kier alpha value is -2.38. The standard InChI is InChI=1S/C10H12N4O4/c1-3-14-8-7(9(17)13(2)10(14)18)11-5(12-8)4-6(15)16/h3-4H2,1-2H3,(H,11,12)(H,15,16). The number of nitrogens with one attached hydrogen (secondary N) is 1. The van der Waals surface area contributed by atoms with Crippen molar-refractivity contribution in [3.8, 4) is 0 Å². The zero-order valence-electron chi connectivity index (χ0n) is 9.93. The summed E-state index contributed by atoms with van der Waals surface area (Å²) in [6, 6.07) is 0. The lowest BCUT2D eigenvalue weighted by Gasteiger charge is -2.04. The van der Waals surface area contributed by atoms with Crippen LogP contribution >= 0.6 is 0 Å². The number of aliphatic carboxylic acids is 1. The number of carboxylic acid groups (broad SMARTS) is 1. The van der Waals surface area contributed by atoms with E-state index in [0.717, 1.165) is 4.57 Å². The van der Waals surface area contributed by atoms with Gasteiger partial charge in [0.05, 0.1) is 0 Å². The second-order valence-electron chi connectivity index (χ2n) is 3.84. The molecule has 0 saturated carbocycles. The lowest BCUT2D eigenvalue weighted by Crippen LogP contribution is -2.37. The summed E-state index contributed by atoms with van der Waals surface area (Å²) in [4.78, 5) is 40.9. The molecule has 2 heterocycles. The molecule has 2 N–H and O–H groups in total. The number of H-pyrrole nitrogens is 1. The first kappa shape index (κ1) is 12.1. The smallest absolute Gasteiger partial charge is 0.332 e. The van der Waals surface area contributed by atoms with E-state index < -0.39 is 17.2 Å². The molecule has 0 aliphatic carbocycles. The first-order valence-electron chi connectivity index (χ1n) is 5.36. The summed E-state index contributed by atoms with van der Waals surface area (Å²) in [6.07, 6.45) is -0.324. The third-order valence-corrected chi connectivity index (χ3v) is 2.66. The van der Waals surface area contributed by atoms with Crippen LogP contribution in [0, 0.1) is 0 Å². The SMILES string of the molecule is CCn1c(=O)n(C)c(=O)c2[nH]c(CC(=O)O)nc21. The maximum Gasteiger partial charge on any atom is 0.332 e. The Labute approximate surface area is 101 Å². The number of aryl methyl sites for hydroxylation is 1. The van der Waals surface area contributed by atoms with Gasteiger partial charge in [-0.15, -0.1) is 0 Å². The van der Waals surface area contributed by atoms with E-state index in [1.54, 1.807) is 6.92 Å². The molecule has 0 amide bonds. The van der Waals surface area contributed by atoms with Crippen LogP contribution in [0.15, 0.2) is 9.59 Å². The molecule has 0 aliphatic heterocycles. The van der Waals surface area contributed by atoms with E-state index in [1.807, 2.05) is 0 Å². The first-order chi connectivity index (χ1) is 8.45. The molecule has 0 spiro atoms. The van der Waals surface area contributed by atoms with Crippen molar-refractivity contribution >= 4 is 17.1 Å². The average Bonchev–Trinajstić information content (AvgIpc) is 2.70. The molecule has 0 aromatic carbocycles. The molecular weight excluding hydrogens is 240 g/mol. The van der Waals surface area contributed by atoms with Crippen LogP contribution in [0.2, 0.25) is 0 Å². The Morgan fingerprint density at radius 2 is 2.11 bits per heavy atom. The van der Waals surface area contributed by atoms with Crippen LogP contribution in [-0.2, 0) is 24.8 Å². The highest BCUT2D eigenvalue weighted by atomic mass is 16.4. The molecule has 0 aliphatic rings. The quantitative estimate of drug-likeness (QED) is 0.733. The van der Waals surface area contributed by atoms with E-state index in [9.17, 15) is 14.4 Å². The summed E-state index contributed by atoms with van der Waals surface area (Å²) in [6.45, 7) is 2.09. The normalized spacial score (nSPS) is 11.0. The van der Waals surface area contributed by atoms with Gasteiger partial charge in [-0.1, -0.05) is 0 Å². The zero-order chi connectivity index (χ0) is 13.4. The fraction of sp³-hybridized carbons (Fsp3) is 0.400. The van der Waals surface area contributed by atoms with Crippen LogP contribution in [0.1, 0.15) is 12.7 Å². The minimum Gasteiger partial charge on any atom is -0.481 e. The summed E-state index contributed by atoms with van der Waals surface area (Å²) in [5.41, 5.74) is -0.635. The van der Waals surface area contributed by atoms with Crippen molar-refractivity contribution in [2.24, 2.45) is 7.05 Å². The van der Waals surface area contributed by atoms with Crippen LogP contribution < -0.4 is 11.2 Å². The van der Waals surface area contributed by atoms with Crippen LogP contribution in [0.4, 0.5) is 0 Å². The molecule has 0 saturated heterocycles. The van der Waals surface area contributed by atoms with Gasteiger partial charge in [-0.05, 0) is 6.92 Å². The average molecular weight is 252 g/mol. The number of aromatic nitrogens is 4. The van der Waals surface area contributed by atoms with Crippen molar-refractivity contribution < 1.29 is 9.90 Å². The van der Waals surface area contributed by atoms with Gasteiger partial charge in [-0.2, -0.15) is 0 Å². The summed E-state index contributed by atoms with van der Waals surface area (Å²) in [5.74, 6) is -0.904. The van der Waals surface area contributed by atoms with E-state index in [1.165, 1.54) is 11.6 Å². The second kappa shape index (κ2) is 4.13. The Morgan fingerprint density at radius 1 is 1.44 bits per heavy atom. The maximum atomic E-state index is 11.8. The van der Waals surface area contributed by atoms with Gasteiger partial charge in [0.2, 0.25) is 0 Å². The maximum absolute atomic E-state index is 11.8. The molecule has 8 heteroatoms. The number of fused-ring (bicyclic) bond motifs is 1. The van der Waals surface area contributed by atoms with Crippen molar-refractivity contribution in [3.05, 3.63) is 26.7 Å². The summed E-state index contributed by atoms with van der Waals surface area (Å²) in [5, 5.41) is 8.69. The molecular formula is C10H12N4O4. The third-order valence-electron chi connectivity index (χ3n) is 2.66. The zero-order valence-corrected chi connectivity index (χ0v) is 9.93. The van der Waals surface area contributed by atoms with Gasteiger partial charge in [0.1, 0.15) is 17.8 Å². The summed E-state index contributed by atoms with van der Waals surface area (Å²) in [7, 11) is 1.37. The molecule has 2 aromatic rings. The van der Waals surface area contributed by atoms with Gasteiger partial charge in [0.15, 0.2) is 5.65 Å². The molecule has 2 rings (SSSR count). The lowest BCUT2D eigenvalue weighted by molar-refractivity contribution is -0.136. The van der Waals surface area contributed by atoms with Crippen LogP contribution in [0.5, 0.6) is 0 Å². The van der Waals surface area contributed by atoms with Crippen LogP contribution in [0.3, 0.4) is 0 Å². The predicted octanol–water partition coefficient (Wildman–Crippen LogP) is -0.930. The van der Waals surface area contributed by atoms with Crippen molar-refractivity contribution in [2.75, 3.05) is 0 Å². The number of aromatic amines is 1. The fourth-order valence-corrected chi connectivity index (χ4v) is 1.79. The molecule has 0 unspecified atom stereocenters. The van der Waals surface area contributed by atoms with Crippen LogP contribution in [0.25, 0.3) is 11.2 Å². The topological polar surface area (TPSA) is 110 Å². The number of imidazole rings is 1. The van der Waals surface area contributed by atoms with Crippen LogP contribution in [-0.4, -0.2) is 30.2 Å². The molecule has 0 fully saturated rings. The van der Waals surface area contributed by atoms with Crippen molar-refractivity contribution in [1.82, 2.24) is 19.1 Å². The minimum atomic E-state index is -1.06. The van der Waals surface area contributed by atoms with Crippen molar-refractivity contribution in [2.45, 2.75) is 19.9 Å². The van der Waals surface area contributed by atoms with E-state index in [-0.39, 0.29) is 23.4 Å². The second-order valence-corrected chi connectivity index (χ2v) is 3.84. The van der Waals surface area contributed by atoms with E-state index in [2.05, 4.69) is 9.97 Å². The monoisotopic (exact) mass is 252 g/mol. The molecule has 96 valence electrons. The molecule has 2 aromatic heterocycles. The highest BCUT2D eigenvalue weighted by Crippen LogP contribution is 2.05. The minimum absolute atomic E-state index is 0.148. The predicted molar refractivity (Wildman–Crippen MR) is 62.6 cm³/mol. The molecule has 0 radical (unpaired) electrons. The number of nitrogens with zero attached hydrogens (tertiary/aromatic N) is 3. The highest BCUT2D eigenvalue weighted by molar-refractivity contribution is 5.73.